The molecular weight excluding hydrogens is 357 g/mol. The minimum Gasteiger partial charge on any atom is -0.319 e. The summed E-state index contributed by atoms with van der Waals surface area (Å²) < 4.78 is 1.00. The van der Waals surface area contributed by atoms with Crippen molar-refractivity contribution < 1.29 is 0 Å². The van der Waals surface area contributed by atoms with Crippen LogP contribution in [0.1, 0.15) is 17.0 Å². The fraction of sp³-hybridized carbons (Fsp3) is 0.250. The molecule has 4 heteroatoms. The second kappa shape index (κ2) is 7.46. The SMILES string of the molecule is CNCC(Cc1ccc(Br)cc1Cl)c1ccc(Cl)cc1. The highest BCUT2D eigenvalue weighted by Crippen LogP contribution is 2.28. The molecule has 0 spiro atoms. The van der Waals surface area contributed by atoms with Crippen LogP contribution in [0.15, 0.2) is 46.9 Å². The molecule has 2 aromatic rings. The lowest BCUT2D eigenvalue weighted by molar-refractivity contribution is 0.626. The average Bonchev–Trinajstić information content (AvgIpc) is 2.42. The van der Waals surface area contributed by atoms with E-state index in [1.807, 2.05) is 31.3 Å². The first-order chi connectivity index (χ1) is 9.60. The number of nitrogens with one attached hydrogen (secondary N) is 1. The van der Waals surface area contributed by atoms with Crippen molar-refractivity contribution in [3.8, 4) is 0 Å². The Morgan fingerprint density at radius 1 is 1.10 bits per heavy atom. The molecule has 1 N–H and O–H groups in total. The average molecular weight is 373 g/mol. The minimum atomic E-state index is 0.371. The molecule has 0 amide bonds. The van der Waals surface area contributed by atoms with Crippen LogP contribution in [0.3, 0.4) is 0 Å². The lowest BCUT2D eigenvalue weighted by atomic mass is 9.92. The van der Waals surface area contributed by atoms with Crippen molar-refractivity contribution in [2.75, 3.05) is 13.6 Å². The van der Waals surface area contributed by atoms with Gasteiger partial charge < -0.3 is 5.32 Å². The van der Waals surface area contributed by atoms with Crippen LogP contribution < -0.4 is 5.32 Å². The molecule has 0 radical (unpaired) electrons. The van der Waals surface area contributed by atoms with Gasteiger partial charge in [0.2, 0.25) is 0 Å². The van der Waals surface area contributed by atoms with Crippen LogP contribution in [-0.4, -0.2) is 13.6 Å². The van der Waals surface area contributed by atoms with Crippen molar-refractivity contribution in [3.63, 3.8) is 0 Å². The first kappa shape index (κ1) is 15.8. The van der Waals surface area contributed by atoms with Crippen molar-refractivity contribution in [2.24, 2.45) is 0 Å². The molecule has 2 aromatic carbocycles. The Labute approximate surface area is 138 Å². The molecule has 0 saturated carbocycles. The van der Waals surface area contributed by atoms with Gasteiger partial charge in [-0.1, -0.05) is 57.3 Å². The second-order valence-corrected chi connectivity index (χ2v) is 6.51. The summed E-state index contributed by atoms with van der Waals surface area (Å²) in [6.45, 7) is 0.897. The quantitative estimate of drug-likeness (QED) is 0.750. The van der Waals surface area contributed by atoms with Gasteiger partial charge in [-0.05, 0) is 48.9 Å². The van der Waals surface area contributed by atoms with Gasteiger partial charge in [0, 0.05) is 27.0 Å². The maximum atomic E-state index is 6.31. The molecule has 0 bridgehead atoms. The molecule has 0 heterocycles. The zero-order valence-corrected chi connectivity index (χ0v) is 14.3. The Bertz CT molecular complexity index is 569. The molecular formula is C16H16BrCl2N. The van der Waals surface area contributed by atoms with Crippen molar-refractivity contribution in [3.05, 3.63) is 68.1 Å². The monoisotopic (exact) mass is 371 g/mol. The minimum absolute atomic E-state index is 0.371. The molecule has 1 atom stereocenters. The molecule has 0 aliphatic carbocycles. The second-order valence-electron chi connectivity index (χ2n) is 4.75. The Balaban J connectivity index is 2.22. The largest absolute Gasteiger partial charge is 0.319 e. The molecule has 0 aromatic heterocycles. The van der Waals surface area contributed by atoms with Gasteiger partial charge in [-0.15, -0.1) is 0 Å². The van der Waals surface area contributed by atoms with E-state index in [1.54, 1.807) is 0 Å². The molecule has 0 fully saturated rings. The summed E-state index contributed by atoms with van der Waals surface area (Å²) in [5, 5.41) is 4.81. The van der Waals surface area contributed by atoms with Crippen molar-refractivity contribution >= 4 is 39.1 Å². The topological polar surface area (TPSA) is 12.0 Å². The van der Waals surface area contributed by atoms with E-state index in [9.17, 15) is 0 Å². The fourth-order valence-electron chi connectivity index (χ4n) is 2.24. The Morgan fingerprint density at radius 2 is 1.80 bits per heavy atom. The summed E-state index contributed by atoms with van der Waals surface area (Å²) in [5.41, 5.74) is 2.42. The maximum absolute atomic E-state index is 6.31. The first-order valence-corrected chi connectivity index (χ1v) is 7.99. The number of hydrogen-bond acceptors (Lipinski definition) is 1. The van der Waals surface area contributed by atoms with Crippen LogP contribution in [-0.2, 0) is 6.42 Å². The van der Waals surface area contributed by atoms with Crippen LogP contribution in [0, 0.1) is 0 Å². The summed E-state index contributed by atoms with van der Waals surface area (Å²) in [5.74, 6) is 0.371. The van der Waals surface area contributed by atoms with Gasteiger partial charge in [0.15, 0.2) is 0 Å². The van der Waals surface area contributed by atoms with Gasteiger partial charge in [0.05, 0.1) is 0 Å². The molecule has 0 aliphatic rings. The van der Waals surface area contributed by atoms with Gasteiger partial charge >= 0.3 is 0 Å². The number of benzene rings is 2. The maximum Gasteiger partial charge on any atom is 0.0449 e. The van der Waals surface area contributed by atoms with E-state index in [0.717, 1.165) is 33.0 Å². The van der Waals surface area contributed by atoms with Crippen LogP contribution in [0.4, 0.5) is 0 Å². The molecule has 1 nitrogen and oxygen atoms in total. The third-order valence-corrected chi connectivity index (χ3v) is 4.37. The molecule has 2 rings (SSSR count). The summed E-state index contributed by atoms with van der Waals surface area (Å²) in [6, 6.07) is 14.1. The van der Waals surface area contributed by atoms with E-state index in [-0.39, 0.29) is 0 Å². The van der Waals surface area contributed by atoms with Gasteiger partial charge in [-0.2, -0.15) is 0 Å². The Kier molecular flexibility index (Phi) is 5.91. The standard InChI is InChI=1S/C16H16BrCl2N/c1-20-10-13(11-3-6-15(18)7-4-11)8-12-2-5-14(17)9-16(12)19/h2-7,9,13,20H,8,10H2,1H3. The first-order valence-electron chi connectivity index (χ1n) is 6.44. The molecule has 0 saturated heterocycles. The van der Waals surface area contributed by atoms with E-state index >= 15 is 0 Å². The van der Waals surface area contributed by atoms with E-state index in [0.29, 0.717) is 5.92 Å². The number of likely N-dealkylation sites (N-methyl/N-ethyl adjacent to an activating group) is 1. The van der Waals surface area contributed by atoms with Crippen LogP contribution >= 0.6 is 39.1 Å². The van der Waals surface area contributed by atoms with Gasteiger partial charge in [0.25, 0.3) is 0 Å². The summed E-state index contributed by atoms with van der Waals surface area (Å²) >= 11 is 15.7. The third kappa shape index (κ3) is 4.23. The van der Waals surface area contributed by atoms with Gasteiger partial charge in [-0.25, -0.2) is 0 Å². The van der Waals surface area contributed by atoms with Crippen LogP contribution in [0.5, 0.6) is 0 Å². The highest BCUT2D eigenvalue weighted by Gasteiger charge is 2.13. The van der Waals surface area contributed by atoms with E-state index in [2.05, 4.69) is 39.4 Å². The van der Waals surface area contributed by atoms with Crippen molar-refractivity contribution in [1.29, 1.82) is 0 Å². The van der Waals surface area contributed by atoms with Gasteiger partial charge in [-0.3, -0.25) is 0 Å². The van der Waals surface area contributed by atoms with Crippen LogP contribution in [0.2, 0.25) is 10.0 Å². The highest BCUT2D eigenvalue weighted by molar-refractivity contribution is 9.10. The van der Waals surface area contributed by atoms with E-state index < -0.39 is 0 Å². The normalized spacial score (nSPS) is 12.4. The van der Waals surface area contributed by atoms with E-state index in [1.165, 1.54) is 5.56 Å². The van der Waals surface area contributed by atoms with Crippen LogP contribution in [0.25, 0.3) is 0 Å². The van der Waals surface area contributed by atoms with Crippen molar-refractivity contribution in [2.45, 2.75) is 12.3 Å². The predicted molar refractivity (Wildman–Crippen MR) is 91.0 cm³/mol. The Morgan fingerprint density at radius 3 is 2.40 bits per heavy atom. The molecule has 0 aliphatic heterocycles. The smallest absolute Gasteiger partial charge is 0.0449 e. The predicted octanol–water partition coefficient (Wildman–Crippen LogP) is 5.30. The number of rotatable bonds is 5. The lowest BCUT2D eigenvalue weighted by Gasteiger charge is -2.18. The fourth-order valence-corrected chi connectivity index (χ4v) is 3.12. The molecule has 106 valence electrons. The molecule has 1 unspecified atom stereocenters. The van der Waals surface area contributed by atoms with Crippen molar-refractivity contribution in [1.82, 2.24) is 5.32 Å². The lowest BCUT2D eigenvalue weighted by Crippen LogP contribution is -2.19. The summed E-state index contributed by atoms with van der Waals surface area (Å²) in [7, 11) is 1.96. The summed E-state index contributed by atoms with van der Waals surface area (Å²) in [6.07, 6.45) is 0.897. The summed E-state index contributed by atoms with van der Waals surface area (Å²) in [4.78, 5) is 0. The zero-order valence-electron chi connectivity index (χ0n) is 11.2. The van der Waals surface area contributed by atoms with Gasteiger partial charge in [0.1, 0.15) is 0 Å². The van der Waals surface area contributed by atoms with E-state index in [4.69, 9.17) is 23.2 Å². The number of hydrogen-bond donors (Lipinski definition) is 1. The number of halogens is 3. The third-order valence-electron chi connectivity index (χ3n) is 3.27. The zero-order chi connectivity index (χ0) is 14.5. The highest BCUT2D eigenvalue weighted by atomic mass is 79.9. The molecule has 20 heavy (non-hydrogen) atoms. The Hall–Kier alpha value is -0.540.